The van der Waals surface area contributed by atoms with Gasteiger partial charge in [-0.2, -0.15) is 5.10 Å². The Hall–Kier alpha value is -1.65. The molecule has 1 unspecified atom stereocenters. The Kier molecular flexibility index (Phi) is 2.33. The first kappa shape index (κ1) is 10.9. The van der Waals surface area contributed by atoms with Crippen LogP contribution < -0.4 is 0 Å². The topological polar surface area (TPSA) is 61.2 Å². The largest absolute Gasteiger partial charge is 0.393 e. The molecule has 1 fully saturated rings. The Labute approximate surface area is 93.4 Å². The SMILES string of the molecule is CC(C)(C)n1cc(C2CC(=O)OC2=O)cn1. The molecule has 86 valence electrons. The van der Waals surface area contributed by atoms with Crippen molar-refractivity contribution in [2.75, 3.05) is 0 Å². The zero-order valence-electron chi connectivity index (χ0n) is 9.56. The molecule has 0 amide bonds. The van der Waals surface area contributed by atoms with Crippen molar-refractivity contribution < 1.29 is 14.3 Å². The summed E-state index contributed by atoms with van der Waals surface area (Å²) in [7, 11) is 0. The standard InChI is InChI=1S/C11H14N2O3/c1-11(2,3)13-6-7(5-12-13)8-4-9(14)16-10(8)15/h5-6,8H,4H2,1-3H3. The van der Waals surface area contributed by atoms with Crippen LogP contribution in [0, 0.1) is 0 Å². The summed E-state index contributed by atoms with van der Waals surface area (Å²) >= 11 is 0. The van der Waals surface area contributed by atoms with Crippen molar-refractivity contribution >= 4 is 11.9 Å². The fourth-order valence-electron chi connectivity index (χ4n) is 1.61. The molecule has 0 aromatic carbocycles. The van der Waals surface area contributed by atoms with Gasteiger partial charge >= 0.3 is 11.9 Å². The van der Waals surface area contributed by atoms with Crippen LogP contribution in [0.4, 0.5) is 0 Å². The van der Waals surface area contributed by atoms with Gasteiger partial charge in [-0.3, -0.25) is 14.3 Å². The number of hydrogen-bond donors (Lipinski definition) is 0. The van der Waals surface area contributed by atoms with Crippen LogP contribution in [0.25, 0.3) is 0 Å². The van der Waals surface area contributed by atoms with Gasteiger partial charge in [0.15, 0.2) is 0 Å². The molecular weight excluding hydrogens is 208 g/mol. The molecule has 0 N–H and O–H groups in total. The molecule has 0 aliphatic carbocycles. The summed E-state index contributed by atoms with van der Waals surface area (Å²) < 4.78 is 6.28. The maximum atomic E-state index is 11.4. The van der Waals surface area contributed by atoms with E-state index in [4.69, 9.17) is 0 Å². The third-order valence-corrected chi connectivity index (χ3v) is 2.56. The highest BCUT2D eigenvalue weighted by Crippen LogP contribution is 2.28. The number of carbonyl (C=O) groups is 2. The molecule has 2 heterocycles. The number of esters is 2. The van der Waals surface area contributed by atoms with E-state index in [1.54, 1.807) is 17.1 Å². The summed E-state index contributed by atoms with van der Waals surface area (Å²) in [6.45, 7) is 6.05. The van der Waals surface area contributed by atoms with Crippen molar-refractivity contribution in [2.24, 2.45) is 0 Å². The van der Waals surface area contributed by atoms with Crippen molar-refractivity contribution in [3.05, 3.63) is 18.0 Å². The van der Waals surface area contributed by atoms with Crippen LogP contribution in [0.15, 0.2) is 12.4 Å². The highest BCUT2D eigenvalue weighted by atomic mass is 16.6. The van der Waals surface area contributed by atoms with Crippen LogP contribution in [-0.4, -0.2) is 21.7 Å². The second-order valence-electron chi connectivity index (χ2n) is 4.94. The molecule has 16 heavy (non-hydrogen) atoms. The first-order valence-corrected chi connectivity index (χ1v) is 5.17. The van der Waals surface area contributed by atoms with E-state index in [0.29, 0.717) is 0 Å². The molecule has 5 heteroatoms. The second kappa shape index (κ2) is 3.43. The average molecular weight is 222 g/mol. The summed E-state index contributed by atoms with van der Waals surface area (Å²) in [5.74, 6) is -1.42. The zero-order chi connectivity index (χ0) is 11.9. The van der Waals surface area contributed by atoms with Crippen LogP contribution in [0.3, 0.4) is 0 Å². The summed E-state index contributed by atoms with van der Waals surface area (Å²) in [5.41, 5.74) is 0.607. The van der Waals surface area contributed by atoms with E-state index in [1.807, 2.05) is 20.8 Å². The van der Waals surface area contributed by atoms with Crippen molar-refractivity contribution in [1.82, 2.24) is 9.78 Å². The number of ether oxygens (including phenoxy) is 1. The Bertz CT molecular complexity index is 442. The average Bonchev–Trinajstić information content (AvgIpc) is 2.70. The minimum absolute atomic E-state index is 0.120. The lowest BCUT2D eigenvalue weighted by Crippen LogP contribution is -2.22. The molecule has 1 atom stereocenters. The van der Waals surface area contributed by atoms with Gasteiger partial charge in [0.05, 0.1) is 24.1 Å². The third kappa shape index (κ3) is 1.85. The Morgan fingerprint density at radius 1 is 1.44 bits per heavy atom. The summed E-state index contributed by atoms with van der Waals surface area (Å²) in [6, 6.07) is 0. The van der Waals surface area contributed by atoms with Crippen molar-refractivity contribution in [3.8, 4) is 0 Å². The highest BCUT2D eigenvalue weighted by Gasteiger charge is 2.35. The summed E-state index contributed by atoms with van der Waals surface area (Å²) in [4.78, 5) is 22.3. The van der Waals surface area contributed by atoms with Gasteiger partial charge in [0.25, 0.3) is 0 Å². The Balaban J connectivity index is 2.26. The number of carbonyl (C=O) groups excluding carboxylic acids is 2. The molecular formula is C11H14N2O3. The van der Waals surface area contributed by atoms with Crippen LogP contribution >= 0.6 is 0 Å². The number of rotatable bonds is 1. The fraction of sp³-hybridized carbons (Fsp3) is 0.545. The van der Waals surface area contributed by atoms with E-state index < -0.39 is 17.9 Å². The lowest BCUT2D eigenvalue weighted by Gasteiger charge is -2.18. The van der Waals surface area contributed by atoms with Crippen molar-refractivity contribution in [3.63, 3.8) is 0 Å². The normalized spacial score (nSPS) is 21.3. The monoisotopic (exact) mass is 222 g/mol. The third-order valence-electron chi connectivity index (χ3n) is 2.56. The minimum atomic E-state index is -0.483. The minimum Gasteiger partial charge on any atom is -0.393 e. The van der Waals surface area contributed by atoms with Crippen molar-refractivity contribution in [1.29, 1.82) is 0 Å². The van der Waals surface area contributed by atoms with Crippen molar-refractivity contribution in [2.45, 2.75) is 38.6 Å². The molecule has 1 aromatic heterocycles. The van der Waals surface area contributed by atoms with E-state index in [-0.39, 0.29) is 12.0 Å². The molecule has 0 saturated carbocycles. The molecule has 1 aromatic rings. The number of aromatic nitrogens is 2. The Morgan fingerprint density at radius 2 is 2.12 bits per heavy atom. The molecule has 5 nitrogen and oxygen atoms in total. The fourth-order valence-corrected chi connectivity index (χ4v) is 1.61. The van der Waals surface area contributed by atoms with Gasteiger partial charge < -0.3 is 4.74 Å². The van der Waals surface area contributed by atoms with Crippen LogP contribution in [-0.2, 0) is 19.9 Å². The van der Waals surface area contributed by atoms with Gasteiger partial charge in [0.2, 0.25) is 0 Å². The lowest BCUT2D eigenvalue weighted by atomic mass is 10.0. The van der Waals surface area contributed by atoms with E-state index in [2.05, 4.69) is 9.84 Å². The highest BCUT2D eigenvalue weighted by molar-refractivity contribution is 5.97. The van der Waals surface area contributed by atoms with E-state index >= 15 is 0 Å². The van der Waals surface area contributed by atoms with E-state index in [1.165, 1.54) is 0 Å². The second-order valence-corrected chi connectivity index (χ2v) is 4.94. The number of cyclic esters (lactones) is 2. The molecule has 0 spiro atoms. The van der Waals surface area contributed by atoms with Crippen LogP contribution in [0.1, 0.15) is 38.7 Å². The van der Waals surface area contributed by atoms with E-state index in [0.717, 1.165) is 5.56 Å². The number of nitrogens with zero attached hydrogens (tertiary/aromatic N) is 2. The lowest BCUT2D eigenvalue weighted by molar-refractivity contribution is -0.152. The quantitative estimate of drug-likeness (QED) is 0.529. The molecule has 0 bridgehead atoms. The van der Waals surface area contributed by atoms with Gasteiger partial charge in [-0.1, -0.05) is 0 Å². The smallest absolute Gasteiger partial charge is 0.321 e. The summed E-state index contributed by atoms with van der Waals surface area (Å²) in [6.07, 6.45) is 3.54. The molecule has 1 aliphatic rings. The Morgan fingerprint density at radius 3 is 2.56 bits per heavy atom. The number of hydrogen-bond acceptors (Lipinski definition) is 4. The van der Waals surface area contributed by atoms with Gasteiger partial charge in [-0.05, 0) is 20.8 Å². The van der Waals surface area contributed by atoms with Gasteiger partial charge in [-0.25, -0.2) is 0 Å². The van der Waals surface area contributed by atoms with Crippen LogP contribution in [0.5, 0.6) is 0 Å². The molecule has 2 rings (SSSR count). The summed E-state index contributed by atoms with van der Waals surface area (Å²) in [5, 5.41) is 4.19. The van der Waals surface area contributed by atoms with E-state index in [9.17, 15) is 9.59 Å². The predicted molar refractivity (Wildman–Crippen MR) is 55.7 cm³/mol. The first-order valence-electron chi connectivity index (χ1n) is 5.17. The maximum Gasteiger partial charge on any atom is 0.321 e. The predicted octanol–water partition coefficient (Wildman–Crippen LogP) is 1.20. The van der Waals surface area contributed by atoms with Gasteiger partial charge in [0.1, 0.15) is 0 Å². The molecule has 1 saturated heterocycles. The zero-order valence-corrected chi connectivity index (χ0v) is 9.56. The van der Waals surface area contributed by atoms with Gasteiger partial charge in [-0.15, -0.1) is 0 Å². The molecule has 0 radical (unpaired) electrons. The van der Waals surface area contributed by atoms with Crippen LogP contribution in [0.2, 0.25) is 0 Å². The molecule has 1 aliphatic heterocycles. The first-order chi connectivity index (χ1) is 7.38. The van der Waals surface area contributed by atoms with Gasteiger partial charge in [0, 0.05) is 11.8 Å². The maximum absolute atomic E-state index is 11.4.